The number of methoxy groups -OCH3 is 3. The van der Waals surface area contributed by atoms with Crippen molar-refractivity contribution in [2.24, 2.45) is 0 Å². The Kier molecular flexibility index (Phi) is 6.69. The van der Waals surface area contributed by atoms with Gasteiger partial charge in [-0.05, 0) is 37.1 Å². The Bertz CT molecular complexity index is 715. The molecule has 1 N–H and O–H groups in total. The third-order valence-electron chi connectivity index (χ3n) is 4.07. The van der Waals surface area contributed by atoms with E-state index in [4.69, 9.17) is 14.2 Å². The van der Waals surface area contributed by atoms with E-state index in [1.165, 1.54) is 0 Å². The molecule has 0 heterocycles. The molecule has 5 heteroatoms. The molecular weight excluding hydrogens is 318 g/mol. The summed E-state index contributed by atoms with van der Waals surface area (Å²) in [5.74, 6) is 2.12. The predicted octanol–water partition coefficient (Wildman–Crippen LogP) is 3.52. The highest BCUT2D eigenvalue weighted by Crippen LogP contribution is 2.28. The number of ether oxygens (including phenoxy) is 3. The number of hydrogen-bond acceptors (Lipinski definition) is 4. The number of carbonyl (C=O) groups is 1. The van der Waals surface area contributed by atoms with Gasteiger partial charge in [0.25, 0.3) is 0 Å². The molecular formula is C20H25NO4. The molecule has 0 aliphatic heterocycles. The van der Waals surface area contributed by atoms with E-state index >= 15 is 0 Å². The van der Waals surface area contributed by atoms with Crippen molar-refractivity contribution in [1.82, 2.24) is 5.32 Å². The number of aryl methyl sites for hydroxylation is 1. The highest BCUT2D eigenvalue weighted by molar-refractivity contribution is 5.76. The van der Waals surface area contributed by atoms with Crippen molar-refractivity contribution >= 4 is 5.91 Å². The number of benzene rings is 2. The maximum Gasteiger partial charge on any atom is 0.220 e. The largest absolute Gasteiger partial charge is 0.496 e. The van der Waals surface area contributed by atoms with Gasteiger partial charge in [-0.3, -0.25) is 4.79 Å². The third-order valence-corrected chi connectivity index (χ3v) is 4.07. The van der Waals surface area contributed by atoms with Crippen LogP contribution >= 0.6 is 0 Å². The Morgan fingerprint density at radius 3 is 2.32 bits per heavy atom. The molecule has 0 fully saturated rings. The first kappa shape index (κ1) is 18.6. The van der Waals surface area contributed by atoms with E-state index in [-0.39, 0.29) is 11.9 Å². The second-order valence-electron chi connectivity index (χ2n) is 5.72. The molecule has 25 heavy (non-hydrogen) atoms. The molecule has 0 bridgehead atoms. The smallest absolute Gasteiger partial charge is 0.220 e. The Hall–Kier alpha value is -2.69. The fourth-order valence-corrected chi connectivity index (χ4v) is 2.71. The highest BCUT2D eigenvalue weighted by atomic mass is 16.5. The van der Waals surface area contributed by atoms with E-state index in [0.717, 1.165) is 16.9 Å². The molecule has 0 aromatic heterocycles. The van der Waals surface area contributed by atoms with Crippen LogP contribution in [0.3, 0.4) is 0 Å². The zero-order valence-corrected chi connectivity index (χ0v) is 15.2. The molecule has 0 aliphatic carbocycles. The van der Waals surface area contributed by atoms with Crippen LogP contribution in [-0.4, -0.2) is 27.2 Å². The summed E-state index contributed by atoms with van der Waals surface area (Å²) in [6, 6.07) is 13.3. The standard InChI is InChI=1S/C20H25NO4/c1-14(16-7-5-6-8-17(16)23-2)21-20(22)12-10-15-9-11-18(24-3)19(13-15)25-4/h5-9,11,13-14H,10,12H2,1-4H3,(H,21,22). The van der Waals surface area contributed by atoms with Crippen molar-refractivity contribution in [3.63, 3.8) is 0 Å². The van der Waals surface area contributed by atoms with Crippen molar-refractivity contribution in [2.45, 2.75) is 25.8 Å². The van der Waals surface area contributed by atoms with Gasteiger partial charge in [0.2, 0.25) is 5.91 Å². The summed E-state index contributed by atoms with van der Waals surface area (Å²) in [5.41, 5.74) is 1.99. The fourth-order valence-electron chi connectivity index (χ4n) is 2.71. The van der Waals surface area contributed by atoms with Gasteiger partial charge in [-0.2, -0.15) is 0 Å². The van der Waals surface area contributed by atoms with Gasteiger partial charge in [-0.25, -0.2) is 0 Å². The molecule has 0 radical (unpaired) electrons. The van der Waals surface area contributed by atoms with Gasteiger partial charge in [0.05, 0.1) is 27.4 Å². The molecule has 0 spiro atoms. The number of nitrogens with one attached hydrogen (secondary N) is 1. The van der Waals surface area contributed by atoms with Gasteiger partial charge in [-0.15, -0.1) is 0 Å². The molecule has 1 unspecified atom stereocenters. The molecule has 2 rings (SSSR count). The summed E-state index contributed by atoms with van der Waals surface area (Å²) < 4.78 is 15.9. The lowest BCUT2D eigenvalue weighted by Crippen LogP contribution is -2.27. The summed E-state index contributed by atoms with van der Waals surface area (Å²) in [6.45, 7) is 1.95. The minimum atomic E-state index is -0.117. The van der Waals surface area contributed by atoms with Crippen molar-refractivity contribution in [1.29, 1.82) is 0 Å². The molecule has 5 nitrogen and oxygen atoms in total. The molecule has 1 amide bonds. The Balaban J connectivity index is 1.94. The van der Waals surface area contributed by atoms with Gasteiger partial charge in [0, 0.05) is 12.0 Å². The van der Waals surface area contributed by atoms with Crippen LogP contribution in [0.1, 0.15) is 30.5 Å². The summed E-state index contributed by atoms with van der Waals surface area (Å²) in [7, 11) is 4.83. The zero-order valence-electron chi connectivity index (χ0n) is 15.2. The quantitative estimate of drug-likeness (QED) is 0.797. The van der Waals surface area contributed by atoms with Crippen molar-refractivity contribution in [3.8, 4) is 17.2 Å². The monoisotopic (exact) mass is 343 g/mol. The number of hydrogen-bond donors (Lipinski definition) is 1. The average Bonchev–Trinajstić information content (AvgIpc) is 2.65. The fraction of sp³-hybridized carbons (Fsp3) is 0.350. The summed E-state index contributed by atoms with van der Waals surface area (Å²) >= 11 is 0. The average molecular weight is 343 g/mol. The second-order valence-corrected chi connectivity index (χ2v) is 5.72. The van der Waals surface area contributed by atoms with E-state index in [1.54, 1.807) is 21.3 Å². The molecule has 2 aromatic carbocycles. The maximum absolute atomic E-state index is 12.3. The third kappa shape index (κ3) is 4.89. The van der Waals surface area contributed by atoms with Gasteiger partial charge >= 0.3 is 0 Å². The van der Waals surface area contributed by atoms with Crippen LogP contribution in [0, 0.1) is 0 Å². The van der Waals surface area contributed by atoms with Gasteiger partial charge < -0.3 is 19.5 Å². The lowest BCUT2D eigenvalue weighted by molar-refractivity contribution is -0.121. The van der Waals surface area contributed by atoms with Crippen LogP contribution in [0.2, 0.25) is 0 Å². The zero-order chi connectivity index (χ0) is 18.2. The van der Waals surface area contributed by atoms with E-state index in [0.29, 0.717) is 24.3 Å². The second kappa shape index (κ2) is 8.97. The molecule has 2 aromatic rings. The predicted molar refractivity (Wildman–Crippen MR) is 97.4 cm³/mol. The molecule has 0 saturated heterocycles. The number of carbonyl (C=O) groups excluding carboxylic acids is 1. The summed E-state index contributed by atoms with van der Waals surface area (Å²) in [4.78, 5) is 12.3. The van der Waals surface area contributed by atoms with Crippen molar-refractivity contribution < 1.29 is 19.0 Å². The lowest BCUT2D eigenvalue weighted by Gasteiger charge is -2.17. The van der Waals surface area contributed by atoms with Crippen LogP contribution < -0.4 is 19.5 Å². The van der Waals surface area contributed by atoms with Crippen LogP contribution in [0.4, 0.5) is 0 Å². The van der Waals surface area contributed by atoms with Crippen LogP contribution in [-0.2, 0) is 11.2 Å². The van der Waals surface area contributed by atoms with E-state index in [1.807, 2.05) is 49.4 Å². The SMILES string of the molecule is COc1ccc(CCC(=O)NC(C)c2ccccc2OC)cc1OC. The van der Waals surface area contributed by atoms with E-state index < -0.39 is 0 Å². The molecule has 0 saturated carbocycles. The normalized spacial score (nSPS) is 11.5. The first-order chi connectivity index (χ1) is 12.1. The Morgan fingerprint density at radius 2 is 1.64 bits per heavy atom. The minimum Gasteiger partial charge on any atom is -0.496 e. The first-order valence-corrected chi connectivity index (χ1v) is 8.22. The lowest BCUT2D eigenvalue weighted by atomic mass is 10.1. The highest BCUT2D eigenvalue weighted by Gasteiger charge is 2.14. The van der Waals surface area contributed by atoms with Crippen molar-refractivity contribution in [3.05, 3.63) is 53.6 Å². The molecule has 134 valence electrons. The van der Waals surface area contributed by atoms with Gasteiger partial charge in [0.15, 0.2) is 11.5 Å². The number of amides is 1. The summed E-state index contributed by atoms with van der Waals surface area (Å²) in [5, 5.41) is 3.02. The number of rotatable bonds is 8. The van der Waals surface area contributed by atoms with Crippen molar-refractivity contribution in [2.75, 3.05) is 21.3 Å². The maximum atomic E-state index is 12.3. The minimum absolute atomic E-state index is 0.00630. The van der Waals surface area contributed by atoms with E-state index in [9.17, 15) is 4.79 Å². The van der Waals surface area contributed by atoms with Crippen LogP contribution in [0.25, 0.3) is 0 Å². The van der Waals surface area contributed by atoms with Crippen LogP contribution in [0.5, 0.6) is 17.2 Å². The van der Waals surface area contributed by atoms with Gasteiger partial charge in [-0.1, -0.05) is 24.3 Å². The Labute approximate surface area is 148 Å². The molecule has 1 atom stereocenters. The number of para-hydroxylation sites is 1. The van der Waals surface area contributed by atoms with Gasteiger partial charge in [0.1, 0.15) is 5.75 Å². The van der Waals surface area contributed by atoms with E-state index in [2.05, 4.69) is 5.32 Å². The molecule has 0 aliphatic rings. The topological polar surface area (TPSA) is 56.8 Å². The summed E-state index contributed by atoms with van der Waals surface area (Å²) in [6.07, 6.45) is 1.03. The Morgan fingerprint density at radius 1 is 0.960 bits per heavy atom. The first-order valence-electron chi connectivity index (χ1n) is 8.22. The van der Waals surface area contributed by atoms with Crippen LogP contribution in [0.15, 0.2) is 42.5 Å².